The Morgan fingerprint density at radius 2 is 2.45 bits per heavy atom. The van der Waals surface area contributed by atoms with E-state index in [9.17, 15) is 4.79 Å². The summed E-state index contributed by atoms with van der Waals surface area (Å²) in [5.41, 5.74) is 0. The molecule has 0 aromatic carbocycles. The van der Waals surface area contributed by atoms with Crippen LogP contribution in [0.15, 0.2) is 12.7 Å². The second-order valence-corrected chi connectivity index (χ2v) is 2.69. The van der Waals surface area contributed by atoms with E-state index < -0.39 is 0 Å². The largest absolute Gasteiger partial charge is 0.468 e. The van der Waals surface area contributed by atoms with Gasteiger partial charge in [0.15, 0.2) is 0 Å². The van der Waals surface area contributed by atoms with Gasteiger partial charge in [0.2, 0.25) is 0 Å². The molecule has 62 valence electrons. The van der Waals surface area contributed by atoms with Crippen molar-refractivity contribution in [3.63, 3.8) is 0 Å². The molecule has 0 N–H and O–H groups in total. The first-order valence-corrected chi connectivity index (χ1v) is 3.66. The Morgan fingerprint density at radius 1 is 1.82 bits per heavy atom. The van der Waals surface area contributed by atoms with Gasteiger partial charge >= 0.3 is 5.97 Å². The molecule has 0 radical (unpaired) electrons. The van der Waals surface area contributed by atoms with E-state index in [1.165, 1.54) is 7.11 Å². The summed E-state index contributed by atoms with van der Waals surface area (Å²) < 4.78 is 4.61. The zero-order chi connectivity index (χ0) is 8.43. The van der Waals surface area contributed by atoms with Gasteiger partial charge in [-0.1, -0.05) is 6.08 Å². The predicted molar refractivity (Wildman–Crippen MR) is 42.2 cm³/mol. The minimum Gasteiger partial charge on any atom is -0.468 e. The fourth-order valence-electron chi connectivity index (χ4n) is 1.29. The number of carbonyl (C=O) groups excluding carboxylic acids is 1. The Balaban J connectivity index is 2.40. The minimum absolute atomic E-state index is 0.0296. The van der Waals surface area contributed by atoms with Crippen molar-refractivity contribution < 1.29 is 9.53 Å². The van der Waals surface area contributed by atoms with Crippen LogP contribution in [0.3, 0.4) is 0 Å². The molecule has 0 bridgehead atoms. The lowest BCUT2D eigenvalue weighted by atomic mass is 10.3. The summed E-state index contributed by atoms with van der Waals surface area (Å²) in [7, 11) is 1.42. The third-order valence-corrected chi connectivity index (χ3v) is 2.03. The second-order valence-electron chi connectivity index (χ2n) is 2.69. The fourth-order valence-corrected chi connectivity index (χ4v) is 1.29. The maximum Gasteiger partial charge on any atom is 0.324 e. The Bertz CT molecular complexity index is 179. The fraction of sp³-hybridized carbons (Fsp3) is 0.625. The van der Waals surface area contributed by atoms with Gasteiger partial charge in [0.25, 0.3) is 0 Å². The SMILES string of the molecule is C=CCN1[C@H](C)[C@@H]1C(=O)OC. The van der Waals surface area contributed by atoms with E-state index in [0.717, 1.165) is 6.54 Å². The van der Waals surface area contributed by atoms with Crippen LogP contribution < -0.4 is 0 Å². The summed E-state index contributed by atoms with van der Waals surface area (Å²) in [6.07, 6.45) is 1.79. The monoisotopic (exact) mass is 155 g/mol. The van der Waals surface area contributed by atoms with E-state index in [1.807, 2.05) is 11.8 Å². The number of hydrogen-bond donors (Lipinski definition) is 0. The van der Waals surface area contributed by atoms with Crippen LogP contribution >= 0.6 is 0 Å². The first-order chi connectivity index (χ1) is 5.22. The zero-order valence-corrected chi connectivity index (χ0v) is 6.91. The van der Waals surface area contributed by atoms with Gasteiger partial charge in [-0.3, -0.25) is 9.69 Å². The van der Waals surface area contributed by atoms with Crippen LogP contribution in [0, 0.1) is 0 Å². The molecule has 0 saturated carbocycles. The van der Waals surface area contributed by atoms with Crippen molar-refractivity contribution in [2.24, 2.45) is 0 Å². The molecule has 1 fully saturated rings. The molecule has 0 aromatic heterocycles. The van der Waals surface area contributed by atoms with Crippen LogP contribution in [0.2, 0.25) is 0 Å². The van der Waals surface area contributed by atoms with Crippen molar-refractivity contribution in [2.45, 2.75) is 19.0 Å². The van der Waals surface area contributed by atoms with E-state index >= 15 is 0 Å². The number of ether oxygens (including phenoxy) is 1. The van der Waals surface area contributed by atoms with Crippen LogP contribution in [-0.4, -0.2) is 36.6 Å². The van der Waals surface area contributed by atoms with E-state index in [2.05, 4.69) is 11.3 Å². The first-order valence-electron chi connectivity index (χ1n) is 3.66. The minimum atomic E-state index is -0.139. The summed E-state index contributed by atoms with van der Waals surface area (Å²) in [6, 6.07) is 0.290. The molecule has 1 heterocycles. The van der Waals surface area contributed by atoms with E-state index in [1.54, 1.807) is 6.08 Å². The highest BCUT2D eigenvalue weighted by molar-refractivity contribution is 5.80. The topological polar surface area (TPSA) is 29.3 Å². The van der Waals surface area contributed by atoms with Gasteiger partial charge in [0.05, 0.1) is 7.11 Å². The summed E-state index contributed by atoms with van der Waals surface area (Å²) in [4.78, 5) is 13.0. The second kappa shape index (κ2) is 3.05. The molecular weight excluding hydrogens is 142 g/mol. The number of esters is 1. The van der Waals surface area contributed by atoms with E-state index in [-0.39, 0.29) is 12.0 Å². The lowest BCUT2D eigenvalue weighted by Crippen LogP contribution is -2.14. The van der Waals surface area contributed by atoms with Crippen molar-refractivity contribution in [1.29, 1.82) is 0 Å². The van der Waals surface area contributed by atoms with Crippen molar-refractivity contribution in [3.05, 3.63) is 12.7 Å². The number of methoxy groups -OCH3 is 1. The van der Waals surface area contributed by atoms with Crippen molar-refractivity contribution in [3.8, 4) is 0 Å². The van der Waals surface area contributed by atoms with Gasteiger partial charge in [-0.05, 0) is 6.92 Å². The molecule has 1 rings (SSSR count). The molecule has 3 heteroatoms. The van der Waals surface area contributed by atoms with Crippen molar-refractivity contribution in [1.82, 2.24) is 4.90 Å². The highest BCUT2D eigenvalue weighted by Gasteiger charge is 2.49. The quantitative estimate of drug-likeness (QED) is 0.336. The number of rotatable bonds is 3. The maximum atomic E-state index is 11.0. The van der Waals surface area contributed by atoms with Gasteiger partial charge in [0.1, 0.15) is 6.04 Å². The van der Waals surface area contributed by atoms with Gasteiger partial charge < -0.3 is 4.74 Å². The molecule has 0 amide bonds. The molecule has 1 aliphatic heterocycles. The Labute approximate surface area is 66.6 Å². The molecule has 11 heavy (non-hydrogen) atoms. The number of nitrogens with zero attached hydrogens (tertiary/aromatic N) is 1. The van der Waals surface area contributed by atoms with Gasteiger partial charge in [0, 0.05) is 12.6 Å². The zero-order valence-electron chi connectivity index (χ0n) is 6.91. The predicted octanol–water partition coefficient (Wildman–Crippen LogP) is 0.418. The Hall–Kier alpha value is -0.830. The average molecular weight is 155 g/mol. The molecular formula is C8H13NO2. The third-order valence-electron chi connectivity index (χ3n) is 2.03. The molecule has 1 unspecified atom stereocenters. The summed E-state index contributed by atoms with van der Waals surface area (Å²) in [5.74, 6) is -0.139. The lowest BCUT2D eigenvalue weighted by molar-refractivity contribution is -0.140. The van der Waals surface area contributed by atoms with E-state index in [4.69, 9.17) is 0 Å². The summed E-state index contributed by atoms with van der Waals surface area (Å²) in [6.45, 7) is 6.37. The van der Waals surface area contributed by atoms with Gasteiger partial charge in [-0.2, -0.15) is 0 Å². The van der Waals surface area contributed by atoms with Gasteiger partial charge in [-0.15, -0.1) is 6.58 Å². The highest BCUT2D eigenvalue weighted by atomic mass is 16.5. The smallest absolute Gasteiger partial charge is 0.324 e. The van der Waals surface area contributed by atoms with Crippen LogP contribution in [0.1, 0.15) is 6.92 Å². The molecule has 1 aliphatic rings. The number of hydrogen-bond acceptors (Lipinski definition) is 3. The molecule has 0 spiro atoms. The van der Waals surface area contributed by atoms with Crippen LogP contribution in [0.5, 0.6) is 0 Å². The van der Waals surface area contributed by atoms with E-state index in [0.29, 0.717) is 6.04 Å². The molecule has 0 aliphatic carbocycles. The Morgan fingerprint density at radius 3 is 2.91 bits per heavy atom. The van der Waals surface area contributed by atoms with Crippen molar-refractivity contribution >= 4 is 5.97 Å². The molecule has 0 aromatic rings. The third kappa shape index (κ3) is 1.43. The summed E-state index contributed by atoms with van der Waals surface area (Å²) in [5, 5.41) is 0. The van der Waals surface area contributed by atoms with Crippen LogP contribution in [-0.2, 0) is 9.53 Å². The molecule has 3 nitrogen and oxygen atoms in total. The summed E-state index contributed by atoms with van der Waals surface area (Å²) >= 11 is 0. The average Bonchev–Trinajstić information content (AvgIpc) is 2.62. The molecule has 3 atom stereocenters. The van der Waals surface area contributed by atoms with Gasteiger partial charge in [-0.25, -0.2) is 0 Å². The van der Waals surface area contributed by atoms with Crippen LogP contribution in [0.4, 0.5) is 0 Å². The maximum absolute atomic E-state index is 11.0. The normalized spacial score (nSPS) is 34.5. The Kier molecular flexibility index (Phi) is 2.29. The first kappa shape index (κ1) is 8.27. The number of carbonyl (C=O) groups is 1. The van der Waals surface area contributed by atoms with Crippen molar-refractivity contribution in [2.75, 3.05) is 13.7 Å². The standard InChI is InChI=1S/C8H13NO2/c1-4-5-9-6(2)7(9)8(10)11-3/h4,6-7H,1,5H2,2-3H3/t6-,7-,9?/m1/s1. The highest BCUT2D eigenvalue weighted by Crippen LogP contribution is 2.27. The molecule has 1 saturated heterocycles. The van der Waals surface area contributed by atoms with Crippen LogP contribution in [0.25, 0.3) is 0 Å². The lowest BCUT2D eigenvalue weighted by Gasteiger charge is -1.96.